The Balaban J connectivity index is 1.70. The van der Waals surface area contributed by atoms with Gasteiger partial charge in [-0.25, -0.2) is 15.0 Å². The van der Waals surface area contributed by atoms with Gasteiger partial charge in [-0.05, 0) is 30.7 Å². The number of halogens is 1. The lowest BCUT2D eigenvalue weighted by Crippen LogP contribution is -2.47. The van der Waals surface area contributed by atoms with Gasteiger partial charge in [-0.15, -0.1) is 11.6 Å². The standard InChI is InChI=1S/C15H18ClN5/c1-12-9-13(11-16)10-14(19-12)20-5-7-21(8-6-20)15-17-3-2-4-18-15/h2-4,9-10H,5-8,11H2,1H3. The molecule has 0 bridgehead atoms. The summed E-state index contributed by atoms with van der Waals surface area (Å²) in [6.45, 7) is 5.63. The second kappa shape index (κ2) is 6.26. The monoisotopic (exact) mass is 303 g/mol. The number of aromatic nitrogens is 3. The third kappa shape index (κ3) is 3.24. The fraction of sp³-hybridized carbons (Fsp3) is 0.400. The fourth-order valence-electron chi connectivity index (χ4n) is 2.55. The fourth-order valence-corrected chi connectivity index (χ4v) is 2.70. The maximum atomic E-state index is 5.94. The van der Waals surface area contributed by atoms with E-state index in [1.165, 1.54) is 0 Å². The normalized spacial score (nSPS) is 15.3. The van der Waals surface area contributed by atoms with Crippen molar-refractivity contribution >= 4 is 23.4 Å². The zero-order valence-corrected chi connectivity index (χ0v) is 12.8. The molecule has 21 heavy (non-hydrogen) atoms. The summed E-state index contributed by atoms with van der Waals surface area (Å²) in [5.41, 5.74) is 2.13. The molecule has 3 rings (SSSR count). The predicted octanol–water partition coefficient (Wildman–Crippen LogP) is 2.25. The van der Waals surface area contributed by atoms with Gasteiger partial charge < -0.3 is 9.80 Å². The SMILES string of the molecule is Cc1cc(CCl)cc(N2CCN(c3ncccn3)CC2)n1. The van der Waals surface area contributed by atoms with Crippen LogP contribution in [0.1, 0.15) is 11.3 Å². The van der Waals surface area contributed by atoms with Crippen LogP contribution in [-0.2, 0) is 5.88 Å². The number of rotatable bonds is 3. The van der Waals surface area contributed by atoms with Gasteiger partial charge >= 0.3 is 0 Å². The zero-order chi connectivity index (χ0) is 14.7. The van der Waals surface area contributed by atoms with Gasteiger partial charge in [0, 0.05) is 50.1 Å². The minimum Gasteiger partial charge on any atom is -0.353 e. The van der Waals surface area contributed by atoms with E-state index < -0.39 is 0 Å². The number of hydrogen-bond donors (Lipinski definition) is 0. The van der Waals surface area contributed by atoms with Gasteiger partial charge in [-0.2, -0.15) is 0 Å². The van der Waals surface area contributed by atoms with E-state index in [1.54, 1.807) is 12.4 Å². The number of aryl methyl sites for hydroxylation is 1. The van der Waals surface area contributed by atoms with Crippen molar-refractivity contribution in [3.8, 4) is 0 Å². The maximum Gasteiger partial charge on any atom is 0.225 e. The summed E-state index contributed by atoms with van der Waals surface area (Å²) in [5.74, 6) is 2.34. The Kier molecular flexibility index (Phi) is 4.20. The largest absolute Gasteiger partial charge is 0.353 e. The van der Waals surface area contributed by atoms with Crippen LogP contribution in [0.4, 0.5) is 11.8 Å². The van der Waals surface area contributed by atoms with Crippen LogP contribution in [0.2, 0.25) is 0 Å². The summed E-state index contributed by atoms with van der Waals surface area (Å²) in [4.78, 5) is 17.7. The third-order valence-corrected chi connectivity index (χ3v) is 3.90. The lowest BCUT2D eigenvalue weighted by atomic mass is 10.2. The first kappa shape index (κ1) is 14.1. The van der Waals surface area contributed by atoms with Gasteiger partial charge in [0.15, 0.2) is 0 Å². The molecule has 110 valence electrons. The topological polar surface area (TPSA) is 45.2 Å². The van der Waals surface area contributed by atoms with Crippen molar-refractivity contribution in [2.75, 3.05) is 36.0 Å². The Morgan fingerprint density at radius 3 is 2.38 bits per heavy atom. The second-order valence-electron chi connectivity index (χ2n) is 5.13. The first-order valence-corrected chi connectivity index (χ1v) is 7.60. The Bertz CT molecular complexity index is 596. The molecule has 0 unspecified atom stereocenters. The molecule has 1 saturated heterocycles. The zero-order valence-electron chi connectivity index (χ0n) is 12.0. The molecule has 1 aliphatic heterocycles. The van der Waals surface area contributed by atoms with E-state index in [2.05, 4.69) is 30.8 Å². The van der Waals surface area contributed by atoms with Crippen LogP contribution in [-0.4, -0.2) is 41.1 Å². The van der Waals surface area contributed by atoms with E-state index >= 15 is 0 Å². The van der Waals surface area contributed by atoms with Gasteiger partial charge in [0.2, 0.25) is 5.95 Å². The molecule has 0 saturated carbocycles. The highest BCUT2D eigenvalue weighted by Crippen LogP contribution is 2.19. The lowest BCUT2D eigenvalue weighted by Gasteiger charge is -2.35. The van der Waals surface area contributed by atoms with Crippen LogP contribution in [0.25, 0.3) is 0 Å². The average molecular weight is 304 g/mol. The number of alkyl halides is 1. The lowest BCUT2D eigenvalue weighted by molar-refractivity contribution is 0.634. The highest BCUT2D eigenvalue weighted by molar-refractivity contribution is 6.17. The average Bonchev–Trinajstić information content (AvgIpc) is 2.55. The Morgan fingerprint density at radius 1 is 1.05 bits per heavy atom. The van der Waals surface area contributed by atoms with E-state index in [4.69, 9.17) is 11.6 Å². The van der Waals surface area contributed by atoms with Crippen LogP contribution in [0, 0.1) is 6.92 Å². The molecule has 0 amide bonds. The summed E-state index contributed by atoms with van der Waals surface area (Å²) in [5, 5.41) is 0. The number of hydrogen-bond acceptors (Lipinski definition) is 5. The van der Waals surface area contributed by atoms with Crippen molar-refractivity contribution in [3.63, 3.8) is 0 Å². The molecular formula is C15H18ClN5. The number of nitrogens with zero attached hydrogens (tertiary/aromatic N) is 5. The Labute approximate surface area is 129 Å². The molecule has 2 aromatic heterocycles. The van der Waals surface area contributed by atoms with Crippen molar-refractivity contribution in [1.29, 1.82) is 0 Å². The van der Waals surface area contributed by atoms with Crippen molar-refractivity contribution in [2.24, 2.45) is 0 Å². The molecular weight excluding hydrogens is 286 g/mol. The molecule has 0 atom stereocenters. The van der Waals surface area contributed by atoms with E-state index in [1.807, 2.05) is 19.1 Å². The smallest absolute Gasteiger partial charge is 0.225 e. The molecule has 5 nitrogen and oxygen atoms in total. The molecule has 0 radical (unpaired) electrons. The van der Waals surface area contributed by atoms with Crippen LogP contribution < -0.4 is 9.80 Å². The molecule has 1 aliphatic rings. The summed E-state index contributed by atoms with van der Waals surface area (Å²) >= 11 is 5.94. The van der Waals surface area contributed by atoms with E-state index in [0.29, 0.717) is 5.88 Å². The molecule has 2 aromatic rings. The van der Waals surface area contributed by atoms with Gasteiger partial charge in [0.05, 0.1) is 0 Å². The van der Waals surface area contributed by atoms with Crippen molar-refractivity contribution in [3.05, 3.63) is 41.9 Å². The van der Waals surface area contributed by atoms with E-state index in [0.717, 1.165) is 49.2 Å². The summed E-state index contributed by atoms with van der Waals surface area (Å²) in [7, 11) is 0. The van der Waals surface area contributed by atoms with Gasteiger partial charge in [0.25, 0.3) is 0 Å². The van der Waals surface area contributed by atoms with Crippen LogP contribution >= 0.6 is 11.6 Å². The minimum atomic E-state index is 0.522. The highest BCUT2D eigenvalue weighted by atomic mass is 35.5. The molecule has 1 fully saturated rings. The number of piperazine rings is 1. The summed E-state index contributed by atoms with van der Waals surface area (Å²) < 4.78 is 0. The van der Waals surface area contributed by atoms with Crippen molar-refractivity contribution in [1.82, 2.24) is 15.0 Å². The third-order valence-electron chi connectivity index (χ3n) is 3.59. The minimum absolute atomic E-state index is 0.522. The molecule has 3 heterocycles. The summed E-state index contributed by atoms with van der Waals surface area (Å²) in [6.07, 6.45) is 3.56. The summed E-state index contributed by atoms with van der Waals surface area (Å²) in [6, 6.07) is 5.95. The van der Waals surface area contributed by atoms with Crippen LogP contribution in [0.3, 0.4) is 0 Å². The first-order chi connectivity index (χ1) is 10.3. The molecule has 0 aromatic carbocycles. The molecule has 0 spiro atoms. The Hall–Kier alpha value is -1.88. The molecule has 0 aliphatic carbocycles. The van der Waals surface area contributed by atoms with Crippen molar-refractivity contribution in [2.45, 2.75) is 12.8 Å². The quantitative estimate of drug-likeness (QED) is 0.814. The van der Waals surface area contributed by atoms with Gasteiger partial charge in [0.1, 0.15) is 5.82 Å². The molecule has 6 heteroatoms. The van der Waals surface area contributed by atoms with E-state index in [9.17, 15) is 0 Å². The van der Waals surface area contributed by atoms with Crippen LogP contribution in [0.5, 0.6) is 0 Å². The molecule has 0 N–H and O–H groups in total. The van der Waals surface area contributed by atoms with Gasteiger partial charge in [-0.3, -0.25) is 0 Å². The van der Waals surface area contributed by atoms with E-state index in [-0.39, 0.29) is 0 Å². The maximum absolute atomic E-state index is 5.94. The predicted molar refractivity (Wildman–Crippen MR) is 85.0 cm³/mol. The number of pyridine rings is 1. The first-order valence-electron chi connectivity index (χ1n) is 7.07. The van der Waals surface area contributed by atoms with Gasteiger partial charge in [-0.1, -0.05) is 0 Å². The highest BCUT2D eigenvalue weighted by Gasteiger charge is 2.20. The second-order valence-corrected chi connectivity index (χ2v) is 5.40. The van der Waals surface area contributed by atoms with Crippen molar-refractivity contribution < 1.29 is 0 Å². The Morgan fingerprint density at radius 2 is 1.71 bits per heavy atom. The van der Waals surface area contributed by atoms with Crippen LogP contribution in [0.15, 0.2) is 30.6 Å². The number of anilines is 2.